The van der Waals surface area contributed by atoms with Gasteiger partial charge in [0.25, 0.3) is 0 Å². The first-order valence-corrected chi connectivity index (χ1v) is 9.21. The van der Waals surface area contributed by atoms with Crippen LogP contribution in [0.25, 0.3) is 11.0 Å². The maximum absolute atomic E-state index is 11.1. The van der Waals surface area contributed by atoms with Gasteiger partial charge in [-0.1, -0.05) is 0 Å². The first-order valence-electron chi connectivity index (χ1n) is 9.21. The van der Waals surface area contributed by atoms with Crippen molar-refractivity contribution in [1.29, 1.82) is 0 Å². The smallest absolute Gasteiger partial charge is 0.336 e. The number of benzene rings is 2. The maximum Gasteiger partial charge on any atom is 0.336 e. The summed E-state index contributed by atoms with van der Waals surface area (Å²) in [5.41, 5.74) is 0.336. The molecule has 156 valence electrons. The van der Waals surface area contributed by atoms with Crippen LogP contribution in [0, 0.1) is 0 Å². The van der Waals surface area contributed by atoms with Gasteiger partial charge in [0.2, 0.25) is 11.6 Å². The van der Waals surface area contributed by atoms with Crippen LogP contribution in [-0.4, -0.2) is 23.0 Å². The van der Waals surface area contributed by atoms with Gasteiger partial charge in [-0.25, -0.2) is 4.79 Å². The van der Waals surface area contributed by atoms with Gasteiger partial charge in [-0.2, -0.15) is 0 Å². The molecule has 0 bridgehead atoms. The molecule has 0 fully saturated rings. The number of aromatic hydroxyl groups is 1. The summed E-state index contributed by atoms with van der Waals surface area (Å²) in [6.45, 7) is 7.16. The van der Waals surface area contributed by atoms with E-state index in [4.69, 9.17) is 23.4 Å². The number of ether oxygens (including phenoxy) is 4. The molecule has 8 heteroatoms. The Morgan fingerprint density at radius 3 is 1.93 bits per heavy atom. The van der Waals surface area contributed by atoms with Crippen LogP contribution < -0.4 is 24.6 Å². The summed E-state index contributed by atoms with van der Waals surface area (Å²) < 4.78 is 27.0. The van der Waals surface area contributed by atoms with E-state index in [1.54, 1.807) is 26.0 Å². The van der Waals surface area contributed by atoms with Crippen LogP contribution in [0.4, 0.5) is 0 Å². The predicted molar refractivity (Wildman–Crippen MR) is 107 cm³/mol. The fraction of sp³-hybridized carbons (Fsp3) is 0.273. The van der Waals surface area contributed by atoms with Crippen LogP contribution in [0.2, 0.25) is 0 Å². The Balaban J connectivity index is 0.000000147. The lowest BCUT2D eigenvalue weighted by Crippen LogP contribution is -2.29. The first-order chi connectivity index (χ1) is 14.0. The third-order valence-corrected chi connectivity index (χ3v) is 4.33. The summed E-state index contributed by atoms with van der Waals surface area (Å²) >= 11 is 0. The van der Waals surface area contributed by atoms with Gasteiger partial charge in [0.15, 0.2) is 29.3 Å². The zero-order valence-electron chi connectivity index (χ0n) is 16.8. The standard InChI is InChI=1S/C12H10O4.C10H10O4/c1-12(2)15-9-5-7-3-4-11(13)14-8(7)6-10(9)16-12;1-10(2)13-8-3-6(5-11)7(12)4-9(8)14-10/h3-6H,1-2H3;3-5,12H,1-2H3. The number of rotatable bonds is 1. The summed E-state index contributed by atoms with van der Waals surface area (Å²) in [5.74, 6) is 0.710. The third-order valence-electron chi connectivity index (χ3n) is 4.33. The highest BCUT2D eigenvalue weighted by Gasteiger charge is 2.33. The van der Waals surface area contributed by atoms with Crippen molar-refractivity contribution < 1.29 is 33.3 Å². The molecule has 0 saturated carbocycles. The van der Waals surface area contributed by atoms with E-state index in [-0.39, 0.29) is 16.9 Å². The average molecular weight is 412 g/mol. The second-order valence-electron chi connectivity index (χ2n) is 7.77. The van der Waals surface area contributed by atoms with E-state index in [9.17, 15) is 14.7 Å². The Morgan fingerprint density at radius 1 is 0.800 bits per heavy atom. The molecular formula is C22H20O8. The molecule has 2 aliphatic heterocycles. The minimum Gasteiger partial charge on any atom is -0.507 e. The van der Waals surface area contributed by atoms with E-state index in [1.807, 2.05) is 19.9 Å². The lowest BCUT2D eigenvalue weighted by atomic mass is 10.2. The molecule has 5 rings (SSSR count). The number of hydrogen-bond acceptors (Lipinski definition) is 8. The molecule has 2 aromatic carbocycles. The summed E-state index contributed by atoms with van der Waals surface area (Å²) in [7, 11) is 0. The summed E-state index contributed by atoms with van der Waals surface area (Å²) in [6, 6.07) is 9.43. The van der Waals surface area contributed by atoms with E-state index in [0.29, 0.717) is 34.9 Å². The number of fused-ring (bicyclic) bond motifs is 3. The van der Waals surface area contributed by atoms with Crippen molar-refractivity contribution in [3.05, 3.63) is 52.4 Å². The molecule has 0 aliphatic carbocycles. The molecule has 3 heterocycles. The predicted octanol–water partition coefficient (Wildman–Crippen LogP) is 4.01. The van der Waals surface area contributed by atoms with Crippen molar-refractivity contribution in [1.82, 2.24) is 0 Å². The van der Waals surface area contributed by atoms with Crippen molar-refractivity contribution in [3.63, 3.8) is 0 Å². The molecule has 1 N–H and O–H groups in total. The minimum absolute atomic E-state index is 0.0972. The number of phenolic OH excluding ortho intramolecular Hbond substituents is 1. The van der Waals surface area contributed by atoms with Crippen molar-refractivity contribution in [2.75, 3.05) is 0 Å². The van der Waals surface area contributed by atoms with E-state index in [1.165, 1.54) is 18.2 Å². The molecule has 8 nitrogen and oxygen atoms in total. The Bertz CT molecular complexity index is 1210. The van der Waals surface area contributed by atoms with Crippen LogP contribution in [0.3, 0.4) is 0 Å². The average Bonchev–Trinajstić information content (AvgIpc) is 3.11. The van der Waals surface area contributed by atoms with Crippen LogP contribution >= 0.6 is 0 Å². The highest BCUT2D eigenvalue weighted by Crippen LogP contribution is 2.43. The van der Waals surface area contributed by atoms with Gasteiger partial charge in [0.05, 0.1) is 5.56 Å². The topological polar surface area (TPSA) is 104 Å². The number of carbonyl (C=O) groups excluding carboxylic acids is 1. The van der Waals surface area contributed by atoms with E-state index >= 15 is 0 Å². The SMILES string of the molecule is CC1(C)Oc2cc(O)c(C=O)cc2O1.CC1(C)Oc2cc3ccc(=O)oc3cc2O1. The molecule has 0 amide bonds. The van der Waals surface area contributed by atoms with Gasteiger partial charge in [-0.15, -0.1) is 0 Å². The van der Waals surface area contributed by atoms with Gasteiger partial charge < -0.3 is 28.5 Å². The Morgan fingerprint density at radius 2 is 1.33 bits per heavy atom. The fourth-order valence-electron chi connectivity index (χ4n) is 3.16. The van der Waals surface area contributed by atoms with Crippen molar-refractivity contribution >= 4 is 17.3 Å². The summed E-state index contributed by atoms with van der Waals surface area (Å²) in [6.07, 6.45) is 0.574. The molecule has 0 radical (unpaired) electrons. The van der Waals surface area contributed by atoms with Crippen LogP contribution in [0.1, 0.15) is 38.1 Å². The zero-order valence-corrected chi connectivity index (χ0v) is 16.8. The second kappa shape index (κ2) is 6.69. The van der Waals surface area contributed by atoms with Crippen LogP contribution in [-0.2, 0) is 0 Å². The van der Waals surface area contributed by atoms with Gasteiger partial charge >= 0.3 is 5.63 Å². The summed E-state index contributed by atoms with van der Waals surface area (Å²) in [5, 5.41) is 10.2. The van der Waals surface area contributed by atoms with E-state index < -0.39 is 11.6 Å². The zero-order chi connectivity index (χ0) is 21.7. The van der Waals surface area contributed by atoms with Crippen molar-refractivity contribution in [2.24, 2.45) is 0 Å². The Kier molecular flexibility index (Phi) is 4.38. The molecule has 30 heavy (non-hydrogen) atoms. The third kappa shape index (κ3) is 3.76. The number of hydrogen-bond donors (Lipinski definition) is 1. The Hall–Kier alpha value is -3.68. The molecule has 1 aromatic heterocycles. The van der Waals surface area contributed by atoms with E-state index in [2.05, 4.69) is 0 Å². The quantitative estimate of drug-likeness (QED) is 0.472. The van der Waals surface area contributed by atoms with E-state index in [0.717, 1.165) is 5.39 Å². The minimum atomic E-state index is -0.740. The molecule has 0 spiro atoms. The number of carbonyl (C=O) groups is 1. The monoisotopic (exact) mass is 412 g/mol. The molecule has 3 aromatic rings. The second-order valence-corrected chi connectivity index (χ2v) is 7.77. The highest BCUT2D eigenvalue weighted by molar-refractivity contribution is 5.81. The fourth-order valence-corrected chi connectivity index (χ4v) is 3.16. The summed E-state index contributed by atoms with van der Waals surface area (Å²) in [4.78, 5) is 21.6. The largest absolute Gasteiger partial charge is 0.507 e. The number of aldehydes is 1. The van der Waals surface area contributed by atoms with Crippen molar-refractivity contribution in [3.8, 4) is 28.7 Å². The van der Waals surface area contributed by atoms with Gasteiger partial charge in [0.1, 0.15) is 11.3 Å². The van der Waals surface area contributed by atoms with Gasteiger partial charge in [0, 0.05) is 51.3 Å². The lowest BCUT2D eigenvalue weighted by molar-refractivity contribution is -0.0437. The molecular weight excluding hydrogens is 392 g/mol. The Labute approximate surface area is 171 Å². The normalized spacial score (nSPS) is 16.7. The lowest BCUT2D eigenvalue weighted by Gasteiger charge is -2.16. The van der Waals surface area contributed by atoms with Gasteiger partial charge in [-0.3, -0.25) is 4.79 Å². The van der Waals surface area contributed by atoms with Crippen molar-refractivity contribution in [2.45, 2.75) is 39.3 Å². The number of phenols is 1. The molecule has 0 unspecified atom stereocenters. The highest BCUT2D eigenvalue weighted by atomic mass is 16.7. The van der Waals surface area contributed by atoms with Crippen LogP contribution in [0.15, 0.2) is 45.6 Å². The van der Waals surface area contributed by atoms with Crippen LogP contribution in [0.5, 0.6) is 28.7 Å². The molecule has 0 saturated heterocycles. The first kappa shape index (κ1) is 19.6. The van der Waals surface area contributed by atoms with Gasteiger partial charge in [-0.05, 0) is 18.2 Å². The maximum atomic E-state index is 11.1. The molecule has 2 aliphatic rings. The molecule has 0 atom stereocenters.